The molecule has 0 aliphatic carbocycles. The highest BCUT2D eigenvalue weighted by atomic mass is 19.4. The second-order valence-corrected chi connectivity index (χ2v) is 12.8. The number of hydrogen-bond acceptors (Lipinski definition) is 8. The summed E-state index contributed by atoms with van der Waals surface area (Å²) in [6.07, 6.45) is -5.28. The van der Waals surface area contributed by atoms with Crippen LogP contribution in [0.15, 0.2) is 60.8 Å². The van der Waals surface area contributed by atoms with Gasteiger partial charge in [-0.05, 0) is 73.2 Å². The first kappa shape index (κ1) is 36.8. The number of primary amides is 2. The minimum Gasteiger partial charge on any atom is -0.496 e. The van der Waals surface area contributed by atoms with E-state index in [9.17, 15) is 37.1 Å². The molecule has 1 unspecified atom stereocenters. The van der Waals surface area contributed by atoms with E-state index in [-0.39, 0.29) is 29.0 Å². The lowest BCUT2D eigenvalue weighted by Gasteiger charge is -2.38. The number of nitrogens with one attached hydrogen (secondary N) is 1. The normalized spacial score (nSPS) is 14.6. The molecule has 0 radical (unpaired) electrons. The van der Waals surface area contributed by atoms with Crippen molar-refractivity contribution in [3.05, 3.63) is 83.3 Å². The van der Waals surface area contributed by atoms with Gasteiger partial charge in [0, 0.05) is 28.6 Å². The summed E-state index contributed by atoms with van der Waals surface area (Å²) in [6, 6.07) is 12.8. The fourth-order valence-electron chi connectivity index (χ4n) is 5.86. The van der Waals surface area contributed by atoms with Gasteiger partial charge in [0.1, 0.15) is 11.6 Å². The lowest BCUT2D eigenvalue weighted by atomic mass is 9.74. The maximum absolute atomic E-state index is 14.6. The number of ketones is 1. The molecule has 0 saturated heterocycles. The quantitative estimate of drug-likeness (QED) is 0.0742. The molecule has 2 amide bonds. The number of aromatic nitrogens is 2. The highest BCUT2D eigenvalue weighted by molar-refractivity contribution is 6.17. The Morgan fingerprint density at radius 3 is 2.35 bits per heavy atom. The number of carbonyl (C=O) groups excluding carboxylic acids is 3. The number of halogens is 4. The molecule has 262 valence electrons. The maximum atomic E-state index is 14.6. The number of ether oxygens (including phenoxy) is 1. The number of amides is 2. The van der Waals surface area contributed by atoms with Gasteiger partial charge < -0.3 is 32.4 Å². The van der Waals surface area contributed by atoms with E-state index < -0.39 is 65.5 Å². The fraction of sp³-hybridized carbons (Fsp3) is 0.353. The van der Waals surface area contributed by atoms with Gasteiger partial charge in [-0.3, -0.25) is 14.4 Å². The van der Waals surface area contributed by atoms with Crippen molar-refractivity contribution in [2.24, 2.45) is 17.2 Å². The van der Waals surface area contributed by atoms with Crippen LogP contribution in [0.3, 0.4) is 0 Å². The maximum Gasteiger partial charge on any atom is 0.418 e. The predicted octanol–water partition coefficient (Wildman–Crippen LogP) is 4.19. The standard InChI is InChI=1S/C34H38F4N6O5/c1-19-12-25(42-18-32(48,34(36,37)38)17-31(2,3)24-15-21(35)8-9-27(24)49-4)23-16-43-44(26(23)13-19)22-7-5-6-20(14-22)29(46)33(41,30(40)47)11-10-28(39)45/h5-9,12-16,42,48H,10-11,17-18,41H2,1-4H3,(H2,39,45)(H2,40,47)/t32?,33-/m0/s1. The van der Waals surface area contributed by atoms with Crippen LogP contribution in [-0.4, -0.2) is 63.5 Å². The first-order valence-electron chi connectivity index (χ1n) is 15.1. The van der Waals surface area contributed by atoms with Gasteiger partial charge in [0.05, 0.1) is 31.1 Å². The van der Waals surface area contributed by atoms with Crippen molar-refractivity contribution in [2.75, 3.05) is 19.0 Å². The molecule has 0 aliphatic heterocycles. The number of fused-ring (bicyclic) bond motifs is 1. The van der Waals surface area contributed by atoms with E-state index in [1.54, 1.807) is 25.1 Å². The van der Waals surface area contributed by atoms with Crippen molar-refractivity contribution >= 4 is 34.2 Å². The van der Waals surface area contributed by atoms with Gasteiger partial charge in [-0.1, -0.05) is 26.0 Å². The van der Waals surface area contributed by atoms with Gasteiger partial charge in [-0.25, -0.2) is 9.07 Å². The summed E-state index contributed by atoms with van der Waals surface area (Å²) in [5.41, 5.74) is 11.6. The molecule has 3 aromatic carbocycles. The summed E-state index contributed by atoms with van der Waals surface area (Å²) in [5, 5.41) is 18.7. The van der Waals surface area contributed by atoms with Crippen LogP contribution < -0.4 is 27.3 Å². The number of carbonyl (C=O) groups is 3. The average Bonchev–Trinajstić information content (AvgIpc) is 3.45. The molecule has 2 atom stereocenters. The fourth-order valence-corrected chi connectivity index (χ4v) is 5.86. The monoisotopic (exact) mass is 686 g/mol. The van der Waals surface area contributed by atoms with Crippen LogP contribution in [0.4, 0.5) is 23.2 Å². The molecular formula is C34H38F4N6O5. The number of aliphatic hydroxyl groups is 1. The third-order valence-corrected chi connectivity index (χ3v) is 8.52. The Kier molecular flexibility index (Phi) is 10.1. The van der Waals surface area contributed by atoms with Crippen LogP contribution in [-0.2, 0) is 15.0 Å². The lowest BCUT2D eigenvalue weighted by molar-refractivity contribution is -0.260. The summed E-state index contributed by atoms with van der Waals surface area (Å²) >= 11 is 0. The second-order valence-electron chi connectivity index (χ2n) is 12.8. The molecule has 1 heterocycles. The van der Waals surface area contributed by atoms with Crippen LogP contribution >= 0.6 is 0 Å². The van der Waals surface area contributed by atoms with Gasteiger partial charge in [0.25, 0.3) is 0 Å². The number of nitrogens with zero attached hydrogens (tertiary/aromatic N) is 2. The van der Waals surface area contributed by atoms with Gasteiger partial charge >= 0.3 is 6.18 Å². The van der Waals surface area contributed by atoms with Crippen molar-refractivity contribution in [1.29, 1.82) is 0 Å². The Morgan fingerprint density at radius 1 is 1.04 bits per heavy atom. The van der Waals surface area contributed by atoms with Crippen molar-refractivity contribution in [1.82, 2.24) is 9.78 Å². The molecule has 1 aromatic heterocycles. The average molecular weight is 687 g/mol. The number of nitrogens with two attached hydrogens (primary N) is 3. The number of anilines is 1. The molecular weight excluding hydrogens is 648 g/mol. The number of benzene rings is 3. The van der Waals surface area contributed by atoms with Crippen LogP contribution in [0, 0.1) is 12.7 Å². The molecule has 0 saturated carbocycles. The highest BCUT2D eigenvalue weighted by Crippen LogP contribution is 2.44. The van der Waals surface area contributed by atoms with Gasteiger partial charge in [0.2, 0.25) is 11.8 Å². The largest absolute Gasteiger partial charge is 0.496 e. The molecule has 11 nitrogen and oxygen atoms in total. The number of methoxy groups -OCH3 is 1. The zero-order valence-corrected chi connectivity index (χ0v) is 27.3. The van der Waals surface area contributed by atoms with E-state index in [1.807, 2.05) is 0 Å². The van der Waals surface area contributed by atoms with Crippen molar-refractivity contribution in [3.63, 3.8) is 0 Å². The molecule has 0 aliphatic rings. The summed E-state index contributed by atoms with van der Waals surface area (Å²) in [6.45, 7) is 3.68. The van der Waals surface area contributed by atoms with Gasteiger partial charge in [-0.2, -0.15) is 18.3 Å². The smallest absolute Gasteiger partial charge is 0.418 e. The molecule has 8 N–H and O–H groups in total. The first-order chi connectivity index (χ1) is 22.7. The van der Waals surface area contributed by atoms with Crippen LogP contribution in [0.5, 0.6) is 5.75 Å². The summed E-state index contributed by atoms with van der Waals surface area (Å²) in [5.74, 6) is -3.24. The molecule has 4 rings (SSSR count). The second kappa shape index (κ2) is 13.5. The Labute approximate surface area is 279 Å². The van der Waals surface area contributed by atoms with Crippen molar-refractivity contribution < 1.29 is 41.8 Å². The Hall–Kier alpha value is -5.02. The van der Waals surface area contributed by atoms with Gasteiger partial charge in [0.15, 0.2) is 16.9 Å². The molecule has 0 spiro atoms. The van der Waals surface area contributed by atoms with Crippen LogP contribution in [0.2, 0.25) is 0 Å². The highest BCUT2D eigenvalue weighted by Gasteiger charge is 2.56. The van der Waals surface area contributed by atoms with E-state index in [4.69, 9.17) is 21.9 Å². The molecule has 15 heteroatoms. The van der Waals surface area contributed by atoms with Crippen LogP contribution in [0.1, 0.15) is 54.6 Å². The van der Waals surface area contributed by atoms with E-state index in [1.165, 1.54) is 56.1 Å². The molecule has 0 fully saturated rings. The van der Waals surface area contributed by atoms with Gasteiger partial charge in [-0.15, -0.1) is 0 Å². The zero-order chi connectivity index (χ0) is 36.5. The third kappa shape index (κ3) is 7.52. The van der Waals surface area contributed by atoms with E-state index in [2.05, 4.69) is 10.4 Å². The topological polar surface area (TPSA) is 189 Å². The SMILES string of the molecule is COc1ccc(F)cc1C(C)(C)CC(O)(CNc1cc(C)cc2c1cnn2-c1cccc(C(=O)[C@@](N)(CCC(N)=O)C(N)=O)c1)C(F)(F)F. The third-order valence-electron chi connectivity index (χ3n) is 8.52. The lowest BCUT2D eigenvalue weighted by Crippen LogP contribution is -2.58. The van der Waals surface area contributed by atoms with E-state index >= 15 is 0 Å². The van der Waals surface area contributed by atoms with Crippen molar-refractivity contribution in [2.45, 2.75) is 62.8 Å². The molecule has 4 aromatic rings. The van der Waals surface area contributed by atoms with E-state index in [0.29, 0.717) is 22.2 Å². The summed E-state index contributed by atoms with van der Waals surface area (Å²) < 4.78 is 64.5. The van der Waals surface area contributed by atoms with E-state index in [0.717, 1.165) is 12.1 Å². The Morgan fingerprint density at radius 2 is 1.73 bits per heavy atom. The zero-order valence-electron chi connectivity index (χ0n) is 27.3. The number of alkyl halides is 3. The first-order valence-corrected chi connectivity index (χ1v) is 15.1. The number of rotatable bonds is 14. The number of aryl methyl sites for hydroxylation is 1. The predicted molar refractivity (Wildman–Crippen MR) is 175 cm³/mol. The van der Waals surface area contributed by atoms with Crippen LogP contribution in [0.25, 0.3) is 16.6 Å². The Bertz CT molecular complexity index is 1910. The summed E-state index contributed by atoms with van der Waals surface area (Å²) in [4.78, 5) is 36.9. The molecule has 49 heavy (non-hydrogen) atoms. The molecule has 0 bridgehead atoms. The summed E-state index contributed by atoms with van der Waals surface area (Å²) in [7, 11) is 1.32. The minimum absolute atomic E-state index is 0.00861. The minimum atomic E-state index is -5.08. The number of Topliss-reactive ketones (excluding diaryl/α,β-unsaturated/α-hetero) is 1. The van der Waals surface area contributed by atoms with Crippen molar-refractivity contribution in [3.8, 4) is 11.4 Å². The number of hydrogen-bond donors (Lipinski definition) is 5. The Balaban J connectivity index is 1.68.